The number of hydrogen-bond donors (Lipinski definition) is 0. The first-order chi connectivity index (χ1) is 11.5. The lowest BCUT2D eigenvalue weighted by Crippen LogP contribution is -2.39. The third-order valence-electron chi connectivity index (χ3n) is 3.38. The van der Waals surface area contributed by atoms with Crippen LogP contribution in [0.2, 0.25) is 0 Å². The maximum absolute atomic E-state index is 11.8. The van der Waals surface area contributed by atoms with Crippen molar-refractivity contribution in [2.24, 2.45) is 4.99 Å². The molecule has 0 radical (unpaired) electrons. The van der Waals surface area contributed by atoms with E-state index in [2.05, 4.69) is 4.99 Å². The van der Waals surface area contributed by atoms with Crippen molar-refractivity contribution in [2.75, 3.05) is 6.61 Å². The summed E-state index contributed by atoms with van der Waals surface area (Å²) < 4.78 is 10.7. The van der Waals surface area contributed by atoms with Crippen LogP contribution in [-0.2, 0) is 16.1 Å². The summed E-state index contributed by atoms with van der Waals surface area (Å²) in [6.45, 7) is 6.15. The summed E-state index contributed by atoms with van der Waals surface area (Å²) in [6, 6.07) is 17.6. The third-order valence-corrected chi connectivity index (χ3v) is 3.38. The Morgan fingerprint density at radius 2 is 1.75 bits per heavy atom. The Kier molecular flexibility index (Phi) is 6.13. The summed E-state index contributed by atoms with van der Waals surface area (Å²) in [6.07, 6.45) is 1.83. The zero-order valence-electron chi connectivity index (χ0n) is 14.4. The summed E-state index contributed by atoms with van der Waals surface area (Å²) in [4.78, 5) is 16.3. The first-order valence-electron chi connectivity index (χ1n) is 8.01. The second kappa shape index (κ2) is 8.29. The zero-order chi connectivity index (χ0) is 17.4. The highest BCUT2D eigenvalue weighted by molar-refractivity contribution is 5.80. The van der Waals surface area contributed by atoms with E-state index in [1.165, 1.54) is 5.56 Å². The molecule has 0 atom stereocenters. The van der Waals surface area contributed by atoms with E-state index in [0.717, 1.165) is 5.56 Å². The molecule has 0 unspecified atom stereocenters. The molecule has 2 rings (SSSR count). The van der Waals surface area contributed by atoms with Crippen molar-refractivity contribution < 1.29 is 14.3 Å². The van der Waals surface area contributed by atoms with E-state index in [1.807, 2.05) is 60.8 Å². The van der Waals surface area contributed by atoms with Gasteiger partial charge in [0.25, 0.3) is 0 Å². The van der Waals surface area contributed by atoms with Gasteiger partial charge in [0.1, 0.15) is 5.75 Å². The van der Waals surface area contributed by atoms with Crippen LogP contribution in [0.15, 0.2) is 59.6 Å². The molecule has 0 saturated carbocycles. The molecular weight excluding hydrogens is 302 g/mol. The number of aliphatic imine (C=N–C) groups is 1. The molecular formula is C20H23NO3. The van der Waals surface area contributed by atoms with Gasteiger partial charge in [-0.1, -0.05) is 30.3 Å². The van der Waals surface area contributed by atoms with Gasteiger partial charge >= 0.3 is 5.97 Å². The predicted molar refractivity (Wildman–Crippen MR) is 95.5 cm³/mol. The zero-order valence-corrected chi connectivity index (χ0v) is 14.4. The van der Waals surface area contributed by atoms with E-state index < -0.39 is 5.60 Å². The van der Waals surface area contributed by atoms with Gasteiger partial charge in [-0.2, -0.15) is 0 Å². The van der Waals surface area contributed by atoms with Crippen molar-refractivity contribution in [2.45, 2.75) is 32.9 Å². The van der Waals surface area contributed by atoms with Crippen LogP contribution in [0.3, 0.4) is 0 Å². The van der Waals surface area contributed by atoms with Gasteiger partial charge in [-0.05, 0) is 56.2 Å². The van der Waals surface area contributed by atoms with Crippen LogP contribution in [0.25, 0.3) is 0 Å². The van der Waals surface area contributed by atoms with Gasteiger partial charge < -0.3 is 9.47 Å². The summed E-state index contributed by atoms with van der Waals surface area (Å²) in [5, 5.41) is 0. The smallest absolute Gasteiger partial charge is 0.349 e. The maximum Gasteiger partial charge on any atom is 0.349 e. The van der Waals surface area contributed by atoms with Gasteiger partial charge in [-0.15, -0.1) is 0 Å². The number of carbonyl (C=O) groups is 1. The molecule has 4 heteroatoms. The SMILES string of the molecule is CCOC(=O)C(C)(C)Oc1ccc(C=NCc2ccccc2)cc1. The van der Waals surface area contributed by atoms with Crippen LogP contribution in [0.4, 0.5) is 0 Å². The highest BCUT2D eigenvalue weighted by atomic mass is 16.6. The van der Waals surface area contributed by atoms with E-state index in [4.69, 9.17) is 9.47 Å². The van der Waals surface area contributed by atoms with Crippen molar-refractivity contribution in [3.63, 3.8) is 0 Å². The summed E-state index contributed by atoms with van der Waals surface area (Å²) >= 11 is 0. The topological polar surface area (TPSA) is 47.9 Å². The van der Waals surface area contributed by atoms with Crippen LogP contribution in [-0.4, -0.2) is 24.4 Å². The largest absolute Gasteiger partial charge is 0.476 e. The Morgan fingerprint density at radius 1 is 1.08 bits per heavy atom. The van der Waals surface area contributed by atoms with Crippen molar-refractivity contribution >= 4 is 12.2 Å². The fourth-order valence-corrected chi connectivity index (χ4v) is 2.10. The minimum absolute atomic E-state index is 0.336. The van der Waals surface area contributed by atoms with Gasteiger partial charge in [-0.3, -0.25) is 4.99 Å². The first-order valence-corrected chi connectivity index (χ1v) is 8.01. The molecule has 0 aliphatic heterocycles. The van der Waals surface area contributed by atoms with Crippen LogP contribution < -0.4 is 4.74 Å². The minimum Gasteiger partial charge on any atom is -0.476 e. The van der Waals surface area contributed by atoms with Crippen molar-refractivity contribution in [3.8, 4) is 5.75 Å². The molecule has 0 aromatic heterocycles. The molecule has 0 bridgehead atoms. The van der Waals surface area contributed by atoms with E-state index in [-0.39, 0.29) is 5.97 Å². The molecule has 2 aromatic carbocycles. The standard InChI is InChI=1S/C20H23NO3/c1-4-23-19(22)20(2,3)24-18-12-10-17(11-13-18)15-21-14-16-8-6-5-7-9-16/h5-13,15H,4,14H2,1-3H3. The quantitative estimate of drug-likeness (QED) is 0.570. The van der Waals surface area contributed by atoms with Crippen molar-refractivity contribution in [1.29, 1.82) is 0 Å². The average molecular weight is 325 g/mol. The lowest BCUT2D eigenvalue weighted by atomic mass is 10.1. The van der Waals surface area contributed by atoms with Gasteiger partial charge in [0, 0.05) is 6.21 Å². The highest BCUT2D eigenvalue weighted by Gasteiger charge is 2.31. The van der Waals surface area contributed by atoms with Gasteiger partial charge in [0.2, 0.25) is 0 Å². The average Bonchev–Trinajstić information content (AvgIpc) is 2.57. The first kappa shape index (κ1) is 17.7. The Balaban J connectivity index is 1.94. The molecule has 0 aliphatic carbocycles. The molecule has 0 saturated heterocycles. The van der Waals surface area contributed by atoms with E-state index >= 15 is 0 Å². The highest BCUT2D eigenvalue weighted by Crippen LogP contribution is 2.20. The molecule has 0 spiro atoms. The molecule has 0 aliphatic rings. The Morgan fingerprint density at radius 3 is 2.38 bits per heavy atom. The molecule has 0 heterocycles. The number of rotatable bonds is 7. The van der Waals surface area contributed by atoms with Crippen LogP contribution in [0, 0.1) is 0 Å². The summed E-state index contributed by atoms with van der Waals surface area (Å²) in [5.41, 5.74) is 1.14. The van der Waals surface area contributed by atoms with Crippen molar-refractivity contribution in [3.05, 3.63) is 65.7 Å². The molecule has 24 heavy (non-hydrogen) atoms. The lowest BCUT2D eigenvalue weighted by molar-refractivity contribution is -0.158. The van der Waals surface area contributed by atoms with Crippen LogP contribution in [0.1, 0.15) is 31.9 Å². The monoisotopic (exact) mass is 325 g/mol. The van der Waals surface area contributed by atoms with Crippen LogP contribution in [0.5, 0.6) is 5.75 Å². The number of benzene rings is 2. The molecule has 126 valence electrons. The maximum atomic E-state index is 11.8. The van der Waals surface area contributed by atoms with E-state index in [1.54, 1.807) is 20.8 Å². The van der Waals surface area contributed by atoms with E-state index in [9.17, 15) is 4.79 Å². The van der Waals surface area contributed by atoms with Gasteiger partial charge in [-0.25, -0.2) is 4.79 Å². The Labute approximate surface area is 143 Å². The number of esters is 1. The summed E-state index contributed by atoms with van der Waals surface area (Å²) in [7, 11) is 0. The second-order valence-electron chi connectivity index (χ2n) is 5.86. The van der Waals surface area contributed by atoms with Crippen LogP contribution >= 0.6 is 0 Å². The fraction of sp³-hybridized carbons (Fsp3) is 0.300. The molecule has 4 nitrogen and oxygen atoms in total. The van der Waals surface area contributed by atoms with E-state index in [0.29, 0.717) is 18.9 Å². The van der Waals surface area contributed by atoms with Gasteiger partial charge in [0.05, 0.1) is 13.2 Å². The second-order valence-corrected chi connectivity index (χ2v) is 5.86. The number of carbonyl (C=O) groups excluding carboxylic acids is 1. The minimum atomic E-state index is -1.01. The number of hydrogen-bond acceptors (Lipinski definition) is 4. The fourth-order valence-electron chi connectivity index (χ4n) is 2.10. The lowest BCUT2D eigenvalue weighted by Gasteiger charge is -2.24. The molecule has 2 aromatic rings. The Bertz CT molecular complexity index is 676. The Hall–Kier alpha value is -2.62. The third kappa shape index (κ3) is 5.23. The molecule has 0 amide bonds. The molecule has 0 fully saturated rings. The normalized spacial score (nSPS) is 11.5. The predicted octanol–water partition coefficient (Wildman–Crippen LogP) is 4.03. The van der Waals surface area contributed by atoms with Crippen molar-refractivity contribution in [1.82, 2.24) is 0 Å². The summed E-state index contributed by atoms with van der Waals surface area (Å²) in [5.74, 6) is 0.242. The number of nitrogens with zero attached hydrogens (tertiary/aromatic N) is 1. The van der Waals surface area contributed by atoms with Gasteiger partial charge in [0.15, 0.2) is 5.60 Å². The molecule has 0 N–H and O–H groups in total. The number of ether oxygens (including phenoxy) is 2.